The van der Waals surface area contributed by atoms with E-state index in [2.05, 4.69) is 40.0 Å². The predicted molar refractivity (Wildman–Crippen MR) is 77.5 cm³/mol. The summed E-state index contributed by atoms with van der Waals surface area (Å²) in [5, 5.41) is 0. The number of anilines is 1. The molecule has 0 unspecified atom stereocenters. The molecule has 90 valence electrons. The largest absolute Gasteiger partial charge is 0.383 e. The van der Waals surface area contributed by atoms with Crippen molar-refractivity contribution >= 4 is 27.4 Å². The van der Waals surface area contributed by atoms with Gasteiger partial charge in [-0.05, 0) is 30.7 Å². The molecule has 0 fully saturated rings. The average Bonchev–Trinajstić information content (AvgIpc) is 2.68. The molecular formula is C14H12BrN3. The minimum absolute atomic E-state index is 0.662. The lowest BCUT2D eigenvalue weighted by molar-refractivity contribution is 1.20. The molecule has 0 saturated carbocycles. The molecule has 0 spiro atoms. The van der Waals surface area contributed by atoms with E-state index in [1.165, 1.54) is 5.56 Å². The van der Waals surface area contributed by atoms with Crippen LogP contribution in [0.3, 0.4) is 0 Å². The van der Waals surface area contributed by atoms with E-state index < -0.39 is 0 Å². The minimum atomic E-state index is 0.662. The number of aryl methyl sites for hydroxylation is 1. The normalized spacial score (nSPS) is 11.0. The monoisotopic (exact) mass is 301 g/mol. The van der Waals surface area contributed by atoms with E-state index in [1.807, 2.05) is 34.9 Å². The van der Waals surface area contributed by atoms with Gasteiger partial charge in [0.25, 0.3) is 0 Å². The third kappa shape index (κ3) is 1.69. The Morgan fingerprint density at radius 2 is 2.06 bits per heavy atom. The van der Waals surface area contributed by atoms with Crippen LogP contribution in [0.15, 0.2) is 47.1 Å². The molecule has 0 aliphatic heterocycles. The molecule has 3 aromatic rings. The van der Waals surface area contributed by atoms with Gasteiger partial charge in [0.05, 0.1) is 0 Å². The Hall–Kier alpha value is -1.81. The fourth-order valence-corrected chi connectivity index (χ4v) is 2.71. The van der Waals surface area contributed by atoms with Crippen molar-refractivity contribution in [1.82, 2.24) is 9.38 Å². The van der Waals surface area contributed by atoms with E-state index in [-0.39, 0.29) is 0 Å². The number of pyridine rings is 1. The first kappa shape index (κ1) is 11.3. The Kier molecular flexibility index (Phi) is 2.59. The van der Waals surface area contributed by atoms with Crippen LogP contribution in [0.5, 0.6) is 0 Å². The van der Waals surface area contributed by atoms with Gasteiger partial charge in [0.1, 0.15) is 17.2 Å². The van der Waals surface area contributed by atoms with Crippen LogP contribution >= 0.6 is 15.9 Å². The van der Waals surface area contributed by atoms with Crippen molar-refractivity contribution in [3.8, 4) is 11.3 Å². The Morgan fingerprint density at radius 1 is 1.22 bits per heavy atom. The zero-order chi connectivity index (χ0) is 12.7. The zero-order valence-corrected chi connectivity index (χ0v) is 11.5. The van der Waals surface area contributed by atoms with E-state index in [0.29, 0.717) is 5.82 Å². The van der Waals surface area contributed by atoms with E-state index in [4.69, 9.17) is 5.73 Å². The number of imidazole rings is 1. The summed E-state index contributed by atoms with van der Waals surface area (Å²) in [6, 6.07) is 12.0. The second-order valence-electron chi connectivity index (χ2n) is 4.26. The summed E-state index contributed by atoms with van der Waals surface area (Å²) in [4.78, 5) is 4.58. The first-order valence-electron chi connectivity index (χ1n) is 5.66. The maximum atomic E-state index is 6.16. The van der Waals surface area contributed by atoms with Crippen LogP contribution in [-0.4, -0.2) is 9.38 Å². The Morgan fingerprint density at radius 3 is 2.78 bits per heavy atom. The lowest BCUT2D eigenvalue weighted by Gasteiger charge is -2.03. The summed E-state index contributed by atoms with van der Waals surface area (Å²) in [7, 11) is 0. The van der Waals surface area contributed by atoms with Gasteiger partial charge in [-0.3, -0.25) is 4.40 Å². The van der Waals surface area contributed by atoms with Gasteiger partial charge >= 0.3 is 0 Å². The van der Waals surface area contributed by atoms with Gasteiger partial charge in [0, 0.05) is 16.2 Å². The molecule has 4 heteroatoms. The number of hydrogen-bond donors (Lipinski definition) is 1. The number of nitrogen functional groups attached to an aromatic ring is 1. The van der Waals surface area contributed by atoms with E-state index >= 15 is 0 Å². The molecular weight excluding hydrogens is 290 g/mol. The van der Waals surface area contributed by atoms with Crippen molar-refractivity contribution in [1.29, 1.82) is 0 Å². The molecule has 3 rings (SSSR count). The molecule has 0 saturated heterocycles. The molecule has 2 heterocycles. The Bertz CT molecular complexity index is 731. The highest BCUT2D eigenvalue weighted by Gasteiger charge is 2.13. The third-order valence-electron chi connectivity index (χ3n) is 2.95. The molecule has 0 bridgehead atoms. The number of nitrogens with zero attached hydrogens (tertiary/aromatic N) is 2. The second kappa shape index (κ2) is 4.14. The number of fused-ring (bicyclic) bond motifs is 1. The van der Waals surface area contributed by atoms with Gasteiger partial charge in [-0.15, -0.1) is 0 Å². The molecule has 18 heavy (non-hydrogen) atoms. The van der Waals surface area contributed by atoms with Crippen LogP contribution in [0.25, 0.3) is 16.9 Å². The number of aromatic nitrogens is 2. The van der Waals surface area contributed by atoms with Gasteiger partial charge < -0.3 is 5.73 Å². The number of benzene rings is 1. The molecule has 0 aliphatic rings. The summed E-state index contributed by atoms with van der Waals surface area (Å²) in [6.45, 7) is 2.06. The highest BCUT2D eigenvalue weighted by molar-refractivity contribution is 9.10. The number of nitrogens with two attached hydrogens (primary N) is 1. The SMILES string of the molecule is Cc1ccc(-c2nc3ccccn3c2N)c(Br)c1. The van der Waals surface area contributed by atoms with Crippen molar-refractivity contribution in [2.75, 3.05) is 5.73 Å². The average molecular weight is 302 g/mol. The Balaban J connectivity index is 2.28. The highest BCUT2D eigenvalue weighted by Crippen LogP contribution is 2.32. The minimum Gasteiger partial charge on any atom is -0.383 e. The number of rotatable bonds is 1. The summed E-state index contributed by atoms with van der Waals surface area (Å²) in [5.41, 5.74) is 10.0. The summed E-state index contributed by atoms with van der Waals surface area (Å²) in [6.07, 6.45) is 1.92. The highest BCUT2D eigenvalue weighted by atomic mass is 79.9. The summed E-state index contributed by atoms with van der Waals surface area (Å²) in [5.74, 6) is 0.662. The number of hydrogen-bond acceptors (Lipinski definition) is 2. The van der Waals surface area contributed by atoms with Crippen LogP contribution in [0.1, 0.15) is 5.56 Å². The summed E-state index contributed by atoms with van der Waals surface area (Å²) >= 11 is 3.57. The van der Waals surface area contributed by atoms with Crippen LogP contribution in [0, 0.1) is 6.92 Å². The van der Waals surface area contributed by atoms with Gasteiger partial charge in [-0.25, -0.2) is 4.98 Å². The maximum absolute atomic E-state index is 6.16. The molecule has 3 nitrogen and oxygen atoms in total. The van der Waals surface area contributed by atoms with Crippen molar-refractivity contribution in [3.05, 3.63) is 52.6 Å². The molecule has 0 atom stereocenters. The molecule has 2 aromatic heterocycles. The molecule has 0 aliphatic carbocycles. The zero-order valence-electron chi connectivity index (χ0n) is 9.89. The first-order chi connectivity index (χ1) is 8.66. The van der Waals surface area contributed by atoms with Crippen molar-refractivity contribution < 1.29 is 0 Å². The van der Waals surface area contributed by atoms with E-state index in [0.717, 1.165) is 21.4 Å². The standard InChI is InChI=1S/C14H12BrN3/c1-9-5-6-10(11(15)8-9)13-14(16)18-7-3-2-4-12(18)17-13/h2-8H,16H2,1H3. The van der Waals surface area contributed by atoms with Crippen LogP contribution < -0.4 is 5.73 Å². The van der Waals surface area contributed by atoms with E-state index in [9.17, 15) is 0 Å². The molecule has 1 aromatic carbocycles. The Labute approximate surface area is 113 Å². The van der Waals surface area contributed by atoms with Crippen LogP contribution in [0.2, 0.25) is 0 Å². The first-order valence-corrected chi connectivity index (χ1v) is 6.45. The fourth-order valence-electron chi connectivity index (χ4n) is 2.03. The molecule has 0 amide bonds. The number of halogens is 1. The van der Waals surface area contributed by atoms with Gasteiger partial charge in [0.15, 0.2) is 0 Å². The lowest BCUT2D eigenvalue weighted by Crippen LogP contribution is -1.93. The van der Waals surface area contributed by atoms with Crippen molar-refractivity contribution in [3.63, 3.8) is 0 Å². The van der Waals surface area contributed by atoms with Crippen LogP contribution in [-0.2, 0) is 0 Å². The molecule has 2 N–H and O–H groups in total. The van der Waals surface area contributed by atoms with Crippen LogP contribution in [0.4, 0.5) is 5.82 Å². The quantitative estimate of drug-likeness (QED) is 0.745. The van der Waals surface area contributed by atoms with Gasteiger partial charge in [-0.1, -0.05) is 34.1 Å². The second-order valence-corrected chi connectivity index (χ2v) is 5.11. The van der Waals surface area contributed by atoms with Gasteiger partial charge in [-0.2, -0.15) is 0 Å². The smallest absolute Gasteiger partial charge is 0.139 e. The summed E-state index contributed by atoms with van der Waals surface area (Å²) < 4.78 is 2.90. The predicted octanol–water partition coefficient (Wildman–Crippen LogP) is 3.65. The molecule has 0 radical (unpaired) electrons. The lowest BCUT2D eigenvalue weighted by atomic mass is 10.1. The van der Waals surface area contributed by atoms with Crippen molar-refractivity contribution in [2.24, 2.45) is 0 Å². The maximum Gasteiger partial charge on any atom is 0.139 e. The van der Waals surface area contributed by atoms with E-state index in [1.54, 1.807) is 0 Å². The topological polar surface area (TPSA) is 43.3 Å². The fraction of sp³-hybridized carbons (Fsp3) is 0.0714. The van der Waals surface area contributed by atoms with Gasteiger partial charge in [0.2, 0.25) is 0 Å². The van der Waals surface area contributed by atoms with Crippen molar-refractivity contribution in [2.45, 2.75) is 6.92 Å². The third-order valence-corrected chi connectivity index (χ3v) is 3.60.